The Kier molecular flexibility index (Phi) is 5.26. The third-order valence-electron chi connectivity index (χ3n) is 5.66. The van der Waals surface area contributed by atoms with Crippen LogP contribution in [0.4, 0.5) is 4.39 Å². The fourth-order valence-corrected chi connectivity index (χ4v) is 3.73. The first-order chi connectivity index (χ1) is 14.0. The zero-order valence-corrected chi connectivity index (χ0v) is 16.8. The number of ether oxygens (including phenoxy) is 1. The molecule has 0 unspecified atom stereocenters. The summed E-state index contributed by atoms with van der Waals surface area (Å²) in [5, 5.41) is 2.89. The highest BCUT2D eigenvalue weighted by Gasteiger charge is 2.25. The number of halogens is 1. The number of nitrogens with one attached hydrogen (secondary N) is 1. The van der Waals surface area contributed by atoms with Gasteiger partial charge in [-0.25, -0.2) is 4.39 Å². The zero-order chi connectivity index (χ0) is 20.5. The number of hydrogen-bond donors (Lipinski definition) is 1. The highest BCUT2D eigenvalue weighted by Crippen LogP contribution is 2.32. The smallest absolute Gasteiger partial charge is 0.257 e. The van der Waals surface area contributed by atoms with Gasteiger partial charge in [-0.15, -0.1) is 0 Å². The highest BCUT2D eigenvalue weighted by atomic mass is 19.1. The Morgan fingerprint density at radius 2 is 1.86 bits per heavy atom. The first-order valence-electron chi connectivity index (χ1n) is 10.1. The minimum atomic E-state index is -0.431. The van der Waals surface area contributed by atoms with Crippen LogP contribution in [0.1, 0.15) is 52.0 Å². The molecule has 1 saturated carbocycles. The van der Waals surface area contributed by atoms with Crippen LogP contribution in [0.15, 0.2) is 30.3 Å². The molecule has 0 aromatic heterocycles. The normalized spacial score (nSPS) is 16.0. The Morgan fingerprint density at radius 1 is 1.14 bits per heavy atom. The molecule has 0 atom stereocenters. The number of methoxy groups -OCH3 is 1. The molecular formula is C23H25FN2O3. The maximum Gasteiger partial charge on any atom is 0.257 e. The van der Waals surface area contributed by atoms with Crippen molar-refractivity contribution in [2.24, 2.45) is 0 Å². The van der Waals surface area contributed by atoms with Crippen LogP contribution in [0.5, 0.6) is 5.75 Å². The number of benzene rings is 2. The summed E-state index contributed by atoms with van der Waals surface area (Å²) in [5.74, 6) is -0.293. The Labute approximate surface area is 169 Å². The topological polar surface area (TPSA) is 58.6 Å². The minimum Gasteiger partial charge on any atom is -0.496 e. The molecule has 2 aromatic rings. The van der Waals surface area contributed by atoms with Crippen molar-refractivity contribution in [3.8, 4) is 16.9 Å². The van der Waals surface area contributed by atoms with E-state index in [9.17, 15) is 14.0 Å². The van der Waals surface area contributed by atoms with Gasteiger partial charge in [0.15, 0.2) is 0 Å². The van der Waals surface area contributed by atoms with Crippen molar-refractivity contribution < 1.29 is 18.7 Å². The van der Waals surface area contributed by atoms with Crippen molar-refractivity contribution in [2.75, 3.05) is 20.2 Å². The van der Waals surface area contributed by atoms with Gasteiger partial charge in [-0.2, -0.15) is 0 Å². The summed E-state index contributed by atoms with van der Waals surface area (Å²) < 4.78 is 20.0. The summed E-state index contributed by atoms with van der Waals surface area (Å²) in [6.07, 6.45) is 3.97. The number of nitrogens with zero attached hydrogens (tertiary/aromatic N) is 1. The molecule has 1 heterocycles. The molecule has 1 aliphatic carbocycles. The summed E-state index contributed by atoms with van der Waals surface area (Å²) in [4.78, 5) is 27.0. The minimum absolute atomic E-state index is 0.0497. The van der Waals surface area contributed by atoms with Gasteiger partial charge in [0, 0.05) is 24.7 Å². The summed E-state index contributed by atoms with van der Waals surface area (Å²) in [6.45, 7) is 3.20. The molecule has 5 nitrogen and oxygen atoms in total. The van der Waals surface area contributed by atoms with E-state index in [-0.39, 0.29) is 17.9 Å². The Bertz CT molecular complexity index is 963. The second-order valence-electron chi connectivity index (χ2n) is 7.79. The fraction of sp³-hybridized carbons (Fsp3) is 0.391. The molecule has 0 spiro atoms. The molecule has 4 rings (SSSR count). The maximum atomic E-state index is 14.6. The largest absolute Gasteiger partial charge is 0.496 e. The van der Waals surface area contributed by atoms with Crippen molar-refractivity contribution in [3.05, 3.63) is 52.8 Å². The predicted molar refractivity (Wildman–Crippen MR) is 109 cm³/mol. The quantitative estimate of drug-likeness (QED) is 0.833. The van der Waals surface area contributed by atoms with Gasteiger partial charge in [0.05, 0.1) is 12.7 Å². The third kappa shape index (κ3) is 3.97. The van der Waals surface area contributed by atoms with Crippen LogP contribution in [-0.4, -0.2) is 43.0 Å². The van der Waals surface area contributed by atoms with Gasteiger partial charge in [-0.1, -0.05) is 6.07 Å². The number of likely N-dealkylation sites (tertiary alicyclic amines) is 1. The van der Waals surface area contributed by atoms with Gasteiger partial charge in [0.25, 0.3) is 11.8 Å². The maximum absolute atomic E-state index is 14.6. The van der Waals surface area contributed by atoms with Gasteiger partial charge in [-0.3, -0.25) is 9.59 Å². The summed E-state index contributed by atoms with van der Waals surface area (Å²) in [6, 6.07) is 8.44. The van der Waals surface area contributed by atoms with Gasteiger partial charge in [0.1, 0.15) is 11.6 Å². The lowest BCUT2D eigenvalue weighted by atomic mass is 9.95. The molecule has 2 fully saturated rings. The molecular weight excluding hydrogens is 371 g/mol. The van der Waals surface area contributed by atoms with Crippen LogP contribution in [-0.2, 0) is 0 Å². The van der Waals surface area contributed by atoms with Crippen molar-refractivity contribution in [3.63, 3.8) is 0 Å². The second kappa shape index (κ2) is 7.85. The standard InChI is InChI=1S/C23H25FN2O3/c1-14-19(11-16(12-20(14)24)22(27)25-17-6-7-17)15-5-8-18(21(13-15)29-2)23(28)26-9-3-4-10-26/h5,8,11-13,17H,3-4,6-7,9-10H2,1-2H3,(H,25,27). The number of rotatable bonds is 5. The van der Waals surface area contributed by atoms with Crippen LogP contribution in [0.25, 0.3) is 11.1 Å². The number of carbonyl (C=O) groups is 2. The Hall–Kier alpha value is -2.89. The number of hydrogen-bond acceptors (Lipinski definition) is 3. The Balaban J connectivity index is 1.69. The molecule has 1 aliphatic heterocycles. The fourth-order valence-electron chi connectivity index (χ4n) is 3.73. The van der Waals surface area contributed by atoms with E-state index in [1.54, 1.807) is 31.2 Å². The van der Waals surface area contributed by atoms with Crippen LogP contribution in [0.2, 0.25) is 0 Å². The molecule has 1 N–H and O–H groups in total. The second-order valence-corrected chi connectivity index (χ2v) is 7.79. The van der Waals surface area contributed by atoms with E-state index < -0.39 is 5.82 Å². The van der Waals surface area contributed by atoms with Gasteiger partial charge >= 0.3 is 0 Å². The van der Waals surface area contributed by atoms with Gasteiger partial charge in [0.2, 0.25) is 0 Å². The van der Waals surface area contributed by atoms with E-state index in [0.717, 1.165) is 38.8 Å². The van der Waals surface area contributed by atoms with Crippen molar-refractivity contribution >= 4 is 11.8 Å². The SMILES string of the molecule is COc1cc(-c2cc(C(=O)NC3CC3)cc(F)c2C)ccc1C(=O)N1CCCC1. The van der Waals surface area contributed by atoms with E-state index in [1.165, 1.54) is 13.2 Å². The van der Waals surface area contributed by atoms with Crippen LogP contribution >= 0.6 is 0 Å². The molecule has 1 saturated heterocycles. The van der Waals surface area contributed by atoms with Gasteiger partial charge < -0.3 is 15.0 Å². The number of amides is 2. The lowest BCUT2D eigenvalue weighted by molar-refractivity contribution is 0.0789. The predicted octanol–water partition coefficient (Wildman–Crippen LogP) is 3.94. The molecule has 0 radical (unpaired) electrons. The summed E-state index contributed by atoms with van der Waals surface area (Å²) >= 11 is 0. The average molecular weight is 396 g/mol. The molecule has 2 aromatic carbocycles. The molecule has 29 heavy (non-hydrogen) atoms. The van der Waals surface area contributed by atoms with Crippen LogP contribution in [0, 0.1) is 12.7 Å². The Morgan fingerprint density at radius 3 is 2.52 bits per heavy atom. The van der Waals surface area contributed by atoms with E-state index >= 15 is 0 Å². The van der Waals surface area contributed by atoms with E-state index in [4.69, 9.17) is 4.74 Å². The number of carbonyl (C=O) groups excluding carboxylic acids is 2. The van der Waals surface area contributed by atoms with Gasteiger partial charge in [-0.05, 0) is 73.6 Å². The lowest BCUT2D eigenvalue weighted by Gasteiger charge is -2.18. The molecule has 2 amide bonds. The third-order valence-corrected chi connectivity index (χ3v) is 5.66. The molecule has 152 valence electrons. The zero-order valence-electron chi connectivity index (χ0n) is 16.8. The van der Waals surface area contributed by atoms with Crippen LogP contribution < -0.4 is 10.1 Å². The van der Waals surface area contributed by atoms with E-state index in [1.807, 2.05) is 4.90 Å². The summed E-state index contributed by atoms with van der Waals surface area (Å²) in [5.41, 5.74) is 2.57. The lowest BCUT2D eigenvalue weighted by Crippen LogP contribution is -2.28. The highest BCUT2D eigenvalue weighted by molar-refractivity contribution is 5.99. The first-order valence-corrected chi connectivity index (χ1v) is 10.1. The molecule has 6 heteroatoms. The van der Waals surface area contributed by atoms with Crippen LogP contribution in [0.3, 0.4) is 0 Å². The van der Waals surface area contributed by atoms with E-state index in [0.29, 0.717) is 33.6 Å². The molecule has 0 bridgehead atoms. The first kappa shape index (κ1) is 19.4. The van der Waals surface area contributed by atoms with Crippen molar-refractivity contribution in [2.45, 2.75) is 38.6 Å². The monoisotopic (exact) mass is 396 g/mol. The van der Waals surface area contributed by atoms with Crippen molar-refractivity contribution in [1.82, 2.24) is 10.2 Å². The molecule has 2 aliphatic rings. The average Bonchev–Trinajstić information content (AvgIpc) is 3.37. The summed E-state index contributed by atoms with van der Waals surface area (Å²) in [7, 11) is 1.52. The van der Waals surface area contributed by atoms with E-state index in [2.05, 4.69) is 5.32 Å². The van der Waals surface area contributed by atoms with Crippen molar-refractivity contribution in [1.29, 1.82) is 0 Å².